The highest BCUT2D eigenvalue weighted by Crippen LogP contribution is 2.35. The predicted molar refractivity (Wildman–Crippen MR) is 118 cm³/mol. The molecule has 2 aromatic carbocycles. The molecule has 10 nitrogen and oxygen atoms in total. The van der Waals surface area contributed by atoms with Crippen molar-refractivity contribution in [1.29, 1.82) is 0 Å². The lowest BCUT2D eigenvalue weighted by Gasteiger charge is -2.13. The van der Waals surface area contributed by atoms with Gasteiger partial charge in [0.25, 0.3) is 0 Å². The molecule has 0 atom stereocenters. The second-order valence-corrected chi connectivity index (χ2v) is 7.43. The minimum Gasteiger partial charge on any atom is -0.508 e. The van der Waals surface area contributed by atoms with Crippen LogP contribution >= 0.6 is 0 Å². The van der Waals surface area contributed by atoms with Crippen LogP contribution in [0.5, 0.6) is 23.0 Å². The monoisotopic (exact) mass is 456 g/mol. The van der Waals surface area contributed by atoms with Crippen LogP contribution in [-0.4, -0.2) is 20.2 Å². The summed E-state index contributed by atoms with van der Waals surface area (Å²) in [6.45, 7) is 0. The van der Waals surface area contributed by atoms with Gasteiger partial charge in [-0.3, -0.25) is 19.4 Å². The van der Waals surface area contributed by atoms with Crippen LogP contribution in [0.25, 0.3) is 45.1 Å². The van der Waals surface area contributed by atoms with Gasteiger partial charge in [-0.05, 0) is 24.3 Å². The number of hydrogen-bond acceptors (Lipinski definition) is 10. The molecule has 2 N–H and O–H groups in total. The van der Waals surface area contributed by atoms with Crippen molar-refractivity contribution in [2.75, 3.05) is 0 Å². The molecule has 0 aromatic heterocycles. The highest BCUT2D eigenvalue weighted by Gasteiger charge is 2.21. The summed E-state index contributed by atoms with van der Waals surface area (Å²) in [7, 11) is 0. The molecule has 0 saturated heterocycles. The molecule has 0 unspecified atom stereocenters. The molecule has 0 saturated carbocycles. The lowest BCUT2D eigenvalue weighted by molar-refractivity contribution is -0.0995. The van der Waals surface area contributed by atoms with E-state index in [1.54, 1.807) is 12.1 Å². The number of aromatic hydroxyl groups is 2. The van der Waals surface area contributed by atoms with E-state index in [9.17, 15) is 19.8 Å². The number of rotatable bonds is 3. The van der Waals surface area contributed by atoms with Crippen LogP contribution in [0.15, 0.2) is 79.1 Å². The Hall–Kier alpha value is -5.12. The summed E-state index contributed by atoms with van der Waals surface area (Å²) in [5, 5.41) is 19.3. The fourth-order valence-electron chi connectivity index (χ4n) is 3.54. The van der Waals surface area contributed by atoms with Gasteiger partial charge in [0.1, 0.15) is 22.5 Å². The standard InChI is InChI=1S/C24H12N2O8/c27-11-1-3-15-17(5-11)31-19-7-13(29)9-21(23(19)25-15)33-34-22-10-14(30)8-20-24(22)26-16-4-2-12(28)6-18(16)32-20/h1-10,27-28H. The van der Waals surface area contributed by atoms with Gasteiger partial charge in [-0.15, -0.1) is 0 Å². The Bertz CT molecular complexity index is 1660. The maximum absolute atomic E-state index is 12.2. The first-order valence-corrected chi connectivity index (χ1v) is 9.93. The largest absolute Gasteiger partial charge is 0.508 e. The number of phenolic OH excluding ortho intramolecular Hbond substituents is 2. The van der Waals surface area contributed by atoms with Crippen LogP contribution in [-0.2, 0) is 0 Å². The van der Waals surface area contributed by atoms with Crippen LogP contribution < -0.4 is 20.6 Å². The molecule has 0 bridgehead atoms. The van der Waals surface area contributed by atoms with Crippen molar-refractivity contribution in [3.8, 4) is 45.9 Å². The lowest BCUT2D eigenvalue weighted by Crippen LogP contribution is -2.11. The molecule has 10 heteroatoms. The van der Waals surface area contributed by atoms with E-state index in [-0.39, 0.29) is 57.1 Å². The fraction of sp³-hybridized carbons (Fsp3) is 0. The molecular weight excluding hydrogens is 444 g/mol. The zero-order valence-corrected chi connectivity index (χ0v) is 17.0. The van der Waals surface area contributed by atoms with E-state index in [2.05, 4.69) is 9.97 Å². The quantitative estimate of drug-likeness (QED) is 0.230. The van der Waals surface area contributed by atoms with E-state index in [1.807, 2.05) is 0 Å². The van der Waals surface area contributed by atoms with Crippen LogP contribution in [0.1, 0.15) is 0 Å². The van der Waals surface area contributed by atoms with E-state index < -0.39 is 10.9 Å². The van der Waals surface area contributed by atoms with Crippen molar-refractivity contribution in [3.63, 3.8) is 0 Å². The average molecular weight is 456 g/mol. The normalized spacial score (nSPS) is 11.4. The van der Waals surface area contributed by atoms with E-state index in [0.29, 0.717) is 11.0 Å². The number of nitrogens with zero attached hydrogens (tertiary/aromatic N) is 2. The fourth-order valence-corrected chi connectivity index (χ4v) is 3.54. The number of benzene rings is 4. The van der Waals surface area contributed by atoms with Gasteiger partial charge in [0.15, 0.2) is 44.9 Å². The summed E-state index contributed by atoms with van der Waals surface area (Å²) in [6, 6.07) is 13.5. The van der Waals surface area contributed by atoms with Crippen molar-refractivity contribution >= 4 is 22.2 Å². The van der Waals surface area contributed by atoms with Gasteiger partial charge in [0.05, 0.1) is 0 Å². The van der Waals surface area contributed by atoms with Gasteiger partial charge in [-0.2, -0.15) is 0 Å². The topological polar surface area (TPSA) is 145 Å². The van der Waals surface area contributed by atoms with E-state index in [1.165, 1.54) is 36.4 Å². The summed E-state index contributed by atoms with van der Waals surface area (Å²) in [4.78, 5) is 44.1. The maximum atomic E-state index is 12.2. The summed E-state index contributed by atoms with van der Waals surface area (Å²) in [5.74, 6) is 0.110. The van der Waals surface area contributed by atoms with Crippen LogP contribution in [0.4, 0.5) is 0 Å². The number of aromatic nitrogens is 2. The van der Waals surface area contributed by atoms with Crippen molar-refractivity contribution < 1.29 is 28.8 Å². The van der Waals surface area contributed by atoms with E-state index in [0.717, 1.165) is 12.1 Å². The third-order valence-corrected chi connectivity index (χ3v) is 5.04. The number of hydrogen-bond donors (Lipinski definition) is 2. The third-order valence-electron chi connectivity index (χ3n) is 5.04. The van der Waals surface area contributed by atoms with Gasteiger partial charge in [0.2, 0.25) is 11.5 Å². The second-order valence-electron chi connectivity index (χ2n) is 7.43. The van der Waals surface area contributed by atoms with Crippen molar-refractivity contribution in [2.45, 2.75) is 0 Å². The van der Waals surface area contributed by atoms with Gasteiger partial charge in [0, 0.05) is 36.4 Å². The maximum Gasteiger partial charge on any atom is 0.211 e. The highest BCUT2D eigenvalue weighted by atomic mass is 17.2. The summed E-state index contributed by atoms with van der Waals surface area (Å²) >= 11 is 0. The van der Waals surface area contributed by atoms with Crippen molar-refractivity contribution in [3.05, 3.63) is 81.1 Å². The highest BCUT2D eigenvalue weighted by molar-refractivity contribution is 5.80. The van der Waals surface area contributed by atoms with Crippen molar-refractivity contribution in [2.24, 2.45) is 0 Å². The molecule has 2 aromatic rings. The molecule has 0 radical (unpaired) electrons. The van der Waals surface area contributed by atoms with Gasteiger partial charge in [-0.1, -0.05) is 0 Å². The molecule has 2 aliphatic heterocycles. The molecule has 0 amide bonds. The first-order valence-electron chi connectivity index (χ1n) is 9.93. The van der Waals surface area contributed by atoms with E-state index in [4.69, 9.17) is 18.6 Å². The SMILES string of the molecule is O=c1cc2oc3cc(O)ccc3nc-2c(OOc2cc(=O)cc3oc4cc(O)ccc4nc2-3)c1. The van der Waals surface area contributed by atoms with E-state index >= 15 is 0 Å². The molecule has 34 heavy (non-hydrogen) atoms. The molecule has 2 aliphatic carbocycles. The smallest absolute Gasteiger partial charge is 0.211 e. The van der Waals surface area contributed by atoms with Gasteiger partial charge < -0.3 is 19.0 Å². The molecular formula is C24H12N2O8. The zero-order valence-electron chi connectivity index (χ0n) is 17.0. The van der Waals surface area contributed by atoms with Gasteiger partial charge >= 0.3 is 0 Å². The molecule has 2 heterocycles. The molecule has 6 rings (SSSR count). The Labute approximate surface area is 188 Å². The first-order chi connectivity index (χ1) is 16.4. The lowest BCUT2D eigenvalue weighted by atomic mass is 10.2. The Morgan fingerprint density at radius 2 is 1.06 bits per heavy atom. The minimum absolute atomic E-state index is 0.0134. The average Bonchev–Trinajstić information content (AvgIpc) is 2.79. The number of phenols is 2. The Morgan fingerprint density at radius 1 is 0.618 bits per heavy atom. The Morgan fingerprint density at radius 3 is 1.50 bits per heavy atom. The van der Waals surface area contributed by atoms with Crippen LogP contribution in [0, 0.1) is 0 Å². The molecule has 166 valence electrons. The minimum atomic E-state index is -0.433. The Kier molecular flexibility index (Phi) is 4.14. The summed E-state index contributed by atoms with van der Waals surface area (Å²) in [5.41, 5.74) is 0.900. The second kappa shape index (κ2) is 7.20. The molecule has 0 fully saturated rings. The third kappa shape index (κ3) is 3.30. The van der Waals surface area contributed by atoms with Crippen LogP contribution in [0.3, 0.4) is 0 Å². The zero-order chi connectivity index (χ0) is 23.4. The van der Waals surface area contributed by atoms with Crippen LogP contribution in [0.2, 0.25) is 0 Å². The Balaban J connectivity index is 1.44. The number of fused-ring (bicyclic) bond motifs is 4. The molecule has 0 spiro atoms. The van der Waals surface area contributed by atoms with Crippen molar-refractivity contribution in [1.82, 2.24) is 9.97 Å². The summed E-state index contributed by atoms with van der Waals surface area (Å²) in [6.07, 6.45) is 0. The summed E-state index contributed by atoms with van der Waals surface area (Å²) < 4.78 is 11.4. The van der Waals surface area contributed by atoms with Gasteiger partial charge in [-0.25, -0.2) is 9.97 Å². The molecule has 4 aliphatic rings. The first kappa shape index (κ1) is 19.6. The predicted octanol–water partition coefficient (Wildman–Crippen LogP) is 3.68.